The second kappa shape index (κ2) is 8.24. The average Bonchev–Trinajstić information content (AvgIpc) is 3.15. The van der Waals surface area contributed by atoms with Crippen LogP contribution in [-0.4, -0.2) is 24.1 Å². The van der Waals surface area contributed by atoms with Crippen LogP contribution in [0.2, 0.25) is 10.0 Å². The Morgan fingerprint density at radius 3 is 2.24 bits per heavy atom. The van der Waals surface area contributed by atoms with E-state index < -0.39 is 0 Å². The largest absolute Gasteiger partial charge is 0.304 e. The molecular formula is C26H17Cl2N5O. The van der Waals surface area contributed by atoms with Crippen molar-refractivity contribution in [2.24, 2.45) is 0 Å². The highest BCUT2D eigenvalue weighted by Crippen LogP contribution is 2.27. The summed E-state index contributed by atoms with van der Waals surface area (Å²) in [6, 6.07) is 22.6. The van der Waals surface area contributed by atoms with Crippen molar-refractivity contribution in [2.75, 3.05) is 0 Å². The van der Waals surface area contributed by atoms with Crippen molar-refractivity contribution in [2.45, 2.75) is 13.1 Å². The van der Waals surface area contributed by atoms with Crippen molar-refractivity contribution in [3.05, 3.63) is 111 Å². The Balaban J connectivity index is 1.61. The topological polar surface area (TPSA) is 65.6 Å². The van der Waals surface area contributed by atoms with Crippen LogP contribution in [-0.2, 0) is 13.1 Å². The molecule has 8 heteroatoms. The van der Waals surface area contributed by atoms with Crippen LogP contribution in [0.15, 0.2) is 83.9 Å². The van der Waals surface area contributed by atoms with Crippen molar-refractivity contribution in [3.8, 4) is 0 Å². The normalized spacial score (nSPS) is 11.6. The number of nitrogens with zero attached hydrogens (tertiary/aromatic N) is 5. The van der Waals surface area contributed by atoms with Crippen LogP contribution in [0, 0.1) is 0 Å². The summed E-state index contributed by atoms with van der Waals surface area (Å²) in [6.07, 6.45) is 1.57. The molecule has 0 atom stereocenters. The number of para-hydroxylation sites is 2. The Morgan fingerprint density at radius 2 is 1.47 bits per heavy atom. The number of halogens is 2. The maximum Gasteiger partial charge on any atom is 0.265 e. The molecule has 3 aromatic carbocycles. The molecule has 0 amide bonds. The van der Waals surface area contributed by atoms with Crippen molar-refractivity contribution in [1.82, 2.24) is 24.1 Å². The summed E-state index contributed by atoms with van der Waals surface area (Å²) >= 11 is 12.5. The van der Waals surface area contributed by atoms with E-state index >= 15 is 0 Å². The third kappa shape index (κ3) is 3.52. The first-order chi connectivity index (χ1) is 16.6. The van der Waals surface area contributed by atoms with Gasteiger partial charge in [0.1, 0.15) is 17.2 Å². The van der Waals surface area contributed by atoms with E-state index in [2.05, 4.69) is 4.98 Å². The molecule has 0 aliphatic heterocycles. The van der Waals surface area contributed by atoms with Gasteiger partial charge in [-0.05, 0) is 41.5 Å². The molecule has 0 saturated heterocycles. The number of hydrogen-bond donors (Lipinski definition) is 0. The van der Waals surface area contributed by atoms with Crippen LogP contribution < -0.4 is 5.56 Å². The molecule has 3 heterocycles. The highest BCUT2D eigenvalue weighted by atomic mass is 35.5. The Kier molecular flexibility index (Phi) is 5.05. The van der Waals surface area contributed by atoms with Crippen LogP contribution >= 0.6 is 23.2 Å². The summed E-state index contributed by atoms with van der Waals surface area (Å²) in [6.45, 7) is 0.789. The maximum atomic E-state index is 13.7. The molecule has 0 radical (unpaired) electrons. The van der Waals surface area contributed by atoms with Gasteiger partial charge < -0.3 is 4.57 Å². The summed E-state index contributed by atoms with van der Waals surface area (Å²) in [4.78, 5) is 28.0. The minimum absolute atomic E-state index is 0.174. The molecule has 0 saturated carbocycles. The molecule has 166 valence electrons. The SMILES string of the molecule is O=c1c2c3nc4ccccc4nc3n(Cc3ccccc3Cl)c2ncn1Cc1ccc(Cl)cc1. The van der Waals surface area contributed by atoms with Crippen LogP contribution in [0.5, 0.6) is 0 Å². The molecule has 6 rings (SSSR count). The Bertz CT molecular complexity index is 1760. The maximum absolute atomic E-state index is 13.7. The van der Waals surface area contributed by atoms with Gasteiger partial charge in [-0.1, -0.05) is 65.7 Å². The minimum atomic E-state index is -0.174. The van der Waals surface area contributed by atoms with Crippen LogP contribution in [0.25, 0.3) is 33.2 Å². The van der Waals surface area contributed by atoms with Crippen molar-refractivity contribution in [1.29, 1.82) is 0 Å². The molecule has 0 aliphatic carbocycles. The van der Waals surface area contributed by atoms with Gasteiger partial charge in [0.2, 0.25) is 0 Å². The van der Waals surface area contributed by atoms with E-state index in [0.717, 1.165) is 22.2 Å². The van der Waals surface area contributed by atoms with Crippen LogP contribution in [0.4, 0.5) is 0 Å². The zero-order valence-corrected chi connectivity index (χ0v) is 19.3. The molecule has 6 nitrogen and oxygen atoms in total. The van der Waals surface area contributed by atoms with Crippen LogP contribution in [0.1, 0.15) is 11.1 Å². The van der Waals surface area contributed by atoms with Gasteiger partial charge in [0.15, 0.2) is 11.3 Å². The van der Waals surface area contributed by atoms with E-state index in [-0.39, 0.29) is 5.56 Å². The highest BCUT2D eigenvalue weighted by Gasteiger charge is 2.20. The summed E-state index contributed by atoms with van der Waals surface area (Å²) < 4.78 is 3.50. The Morgan fingerprint density at radius 1 is 0.765 bits per heavy atom. The van der Waals surface area contributed by atoms with Crippen molar-refractivity contribution < 1.29 is 0 Å². The van der Waals surface area contributed by atoms with E-state index in [1.54, 1.807) is 23.0 Å². The number of aromatic nitrogens is 5. The fourth-order valence-corrected chi connectivity index (χ4v) is 4.51. The van der Waals surface area contributed by atoms with E-state index in [1.807, 2.05) is 65.2 Å². The fourth-order valence-electron chi connectivity index (χ4n) is 4.19. The molecule has 0 fully saturated rings. The predicted octanol–water partition coefficient (Wildman–Crippen LogP) is 5.70. The predicted molar refractivity (Wildman–Crippen MR) is 136 cm³/mol. The molecule has 0 spiro atoms. The standard InChI is InChI=1S/C26H17Cl2N5O/c27-18-11-9-16(10-12-18)13-32-15-29-24-22(26(32)34)23-25(31-21-8-4-3-7-20(21)30-23)33(24)14-17-5-1-2-6-19(17)28/h1-12,15H,13-14H2. The fraction of sp³-hybridized carbons (Fsp3) is 0.0769. The second-order valence-corrected chi connectivity index (χ2v) is 8.91. The zero-order valence-electron chi connectivity index (χ0n) is 17.8. The first kappa shape index (κ1) is 20.8. The zero-order chi connectivity index (χ0) is 23.2. The average molecular weight is 486 g/mol. The minimum Gasteiger partial charge on any atom is -0.304 e. The molecule has 34 heavy (non-hydrogen) atoms. The molecule has 0 unspecified atom stereocenters. The molecule has 0 aliphatic rings. The Labute approximate surface area is 204 Å². The van der Waals surface area contributed by atoms with Gasteiger partial charge in [-0.3, -0.25) is 9.36 Å². The number of fused-ring (bicyclic) bond motifs is 4. The monoisotopic (exact) mass is 485 g/mol. The van der Waals surface area contributed by atoms with Gasteiger partial charge in [-0.2, -0.15) is 0 Å². The number of benzene rings is 3. The van der Waals surface area contributed by atoms with E-state index in [1.165, 1.54) is 0 Å². The lowest BCUT2D eigenvalue weighted by Gasteiger charge is -2.09. The van der Waals surface area contributed by atoms with Crippen molar-refractivity contribution >= 4 is 56.4 Å². The van der Waals surface area contributed by atoms with E-state index in [0.29, 0.717) is 45.3 Å². The van der Waals surface area contributed by atoms with Gasteiger partial charge in [-0.15, -0.1) is 0 Å². The number of hydrogen-bond acceptors (Lipinski definition) is 4. The van der Waals surface area contributed by atoms with Gasteiger partial charge in [0, 0.05) is 10.0 Å². The molecular weight excluding hydrogens is 469 g/mol. The van der Waals surface area contributed by atoms with E-state index in [4.69, 9.17) is 33.2 Å². The smallest absolute Gasteiger partial charge is 0.265 e. The summed E-state index contributed by atoms with van der Waals surface area (Å²) in [7, 11) is 0. The third-order valence-corrected chi connectivity index (χ3v) is 6.49. The van der Waals surface area contributed by atoms with Crippen molar-refractivity contribution in [3.63, 3.8) is 0 Å². The molecule has 0 bridgehead atoms. The second-order valence-electron chi connectivity index (χ2n) is 8.06. The van der Waals surface area contributed by atoms with Crippen LogP contribution in [0.3, 0.4) is 0 Å². The van der Waals surface area contributed by atoms with Gasteiger partial charge in [0.05, 0.1) is 24.1 Å². The quantitative estimate of drug-likeness (QED) is 0.321. The summed E-state index contributed by atoms with van der Waals surface area (Å²) in [5, 5.41) is 1.73. The lowest BCUT2D eigenvalue weighted by Crippen LogP contribution is -2.21. The molecule has 3 aromatic heterocycles. The molecule has 6 aromatic rings. The summed E-state index contributed by atoms with van der Waals surface area (Å²) in [5.41, 5.74) is 4.81. The summed E-state index contributed by atoms with van der Waals surface area (Å²) in [5.74, 6) is 0. The first-order valence-corrected chi connectivity index (χ1v) is 11.5. The lowest BCUT2D eigenvalue weighted by atomic mass is 10.2. The van der Waals surface area contributed by atoms with E-state index in [9.17, 15) is 4.79 Å². The van der Waals surface area contributed by atoms with Gasteiger partial charge in [-0.25, -0.2) is 15.0 Å². The third-order valence-electron chi connectivity index (χ3n) is 5.87. The first-order valence-electron chi connectivity index (χ1n) is 10.7. The Hall–Kier alpha value is -3.74. The van der Waals surface area contributed by atoms with Gasteiger partial charge >= 0.3 is 0 Å². The van der Waals surface area contributed by atoms with Gasteiger partial charge in [0.25, 0.3) is 5.56 Å². The highest BCUT2D eigenvalue weighted by molar-refractivity contribution is 6.31. The number of rotatable bonds is 4. The molecule has 0 N–H and O–H groups in total. The lowest BCUT2D eigenvalue weighted by molar-refractivity contribution is 0.741.